The molecule has 1 saturated heterocycles. The van der Waals surface area contributed by atoms with Crippen molar-refractivity contribution in [2.75, 3.05) is 26.2 Å². The molecule has 1 fully saturated rings. The van der Waals surface area contributed by atoms with E-state index in [1.54, 1.807) is 0 Å². The van der Waals surface area contributed by atoms with Crippen LogP contribution in [0.3, 0.4) is 0 Å². The molecule has 0 radical (unpaired) electrons. The normalized spacial score (nSPS) is 21.2. The third kappa shape index (κ3) is 3.07. The van der Waals surface area contributed by atoms with Crippen LogP contribution in [0.4, 0.5) is 0 Å². The van der Waals surface area contributed by atoms with Gasteiger partial charge in [0.1, 0.15) is 0 Å². The second-order valence-corrected chi connectivity index (χ2v) is 5.06. The lowest BCUT2D eigenvalue weighted by Gasteiger charge is -2.13. The average Bonchev–Trinajstić information content (AvgIpc) is 2.90. The minimum Gasteiger partial charge on any atom is -0.312 e. The summed E-state index contributed by atoms with van der Waals surface area (Å²) in [5.74, 6) is 0.826. The van der Waals surface area contributed by atoms with Crippen LogP contribution in [0, 0.1) is 12.8 Å². The molecule has 1 aliphatic heterocycles. The molecule has 1 atom stereocenters. The molecule has 17 heavy (non-hydrogen) atoms. The van der Waals surface area contributed by atoms with Crippen LogP contribution < -0.4 is 5.32 Å². The van der Waals surface area contributed by atoms with E-state index in [9.17, 15) is 0 Å². The van der Waals surface area contributed by atoms with Gasteiger partial charge in [-0.1, -0.05) is 6.92 Å². The van der Waals surface area contributed by atoms with Crippen molar-refractivity contribution in [2.24, 2.45) is 13.0 Å². The van der Waals surface area contributed by atoms with Crippen molar-refractivity contribution in [3.05, 3.63) is 17.5 Å². The third-order valence-electron chi connectivity index (χ3n) is 3.90. The molecule has 2 rings (SSSR count). The van der Waals surface area contributed by atoms with Crippen molar-refractivity contribution in [3.8, 4) is 0 Å². The molecule has 4 heteroatoms. The highest BCUT2D eigenvalue weighted by molar-refractivity contribution is 5.15. The van der Waals surface area contributed by atoms with Crippen molar-refractivity contribution in [3.63, 3.8) is 0 Å². The molecule has 1 aromatic rings. The van der Waals surface area contributed by atoms with Crippen molar-refractivity contribution >= 4 is 0 Å². The molecule has 0 saturated carbocycles. The lowest BCUT2D eigenvalue weighted by Crippen LogP contribution is -2.26. The van der Waals surface area contributed by atoms with Crippen LogP contribution in [0.25, 0.3) is 0 Å². The van der Waals surface area contributed by atoms with Gasteiger partial charge in [-0.25, -0.2) is 0 Å². The van der Waals surface area contributed by atoms with E-state index in [-0.39, 0.29) is 0 Å². The second kappa shape index (κ2) is 5.65. The summed E-state index contributed by atoms with van der Waals surface area (Å²) in [6.45, 7) is 10.2. The van der Waals surface area contributed by atoms with Crippen molar-refractivity contribution in [1.29, 1.82) is 0 Å². The highest BCUT2D eigenvalue weighted by atomic mass is 15.3. The predicted octanol–water partition coefficient (Wildman–Crippen LogP) is 1.16. The van der Waals surface area contributed by atoms with Crippen LogP contribution in [0.15, 0.2) is 6.20 Å². The number of nitrogens with zero attached hydrogens (tertiary/aromatic N) is 3. The predicted molar refractivity (Wildman–Crippen MR) is 69.9 cm³/mol. The maximum Gasteiger partial charge on any atom is 0.0537 e. The van der Waals surface area contributed by atoms with Crippen LogP contribution in [0.1, 0.15) is 24.6 Å². The molecule has 0 aromatic carbocycles. The van der Waals surface area contributed by atoms with Gasteiger partial charge in [-0.05, 0) is 38.9 Å². The summed E-state index contributed by atoms with van der Waals surface area (Å²) in [5.41, 5.74) is 2.58. The SMILES string of the molecule is CCN1CCC(CNCc2cnn(C)c2C)C1. The molecule has 1 unspecified atom stereocenters. The number of aryl methyl sites for hydroxylation is 1. The van der Waals surface area contributed by atoms with E-state index < -0.39 is 0 Å². The molecule has 1 aliphatic rings. The zero-order valence-corrected chi connectivity index (χ0v) is 11.2. The Bertz CT molecular complexity index is 358. The monoisotopic (exact) mass is 236 g/mol. The summed E-state index contributed by atoms with van der Waals surface area (Å²) in [6.07, 6.45) is 3.31. The Kier molecular flexibility index (Phi) is 4.18. The van der Waals surface area contributed by atoms with Gasteiger partial charge in [0.05, 0.1) is 6.20 Å². The van der Waals surface area contributed by atoms with Crippen LogP contribution in [0.5, 0.6) is 0 Å². The summed E-state index contributed by atoms with van der Waals surface area (Å²) in [5, 5.41) is 7.82. The molecule has 4 nitrogen and oxygen atoms in total. The zero-order chi connectivity index (χ0) is 12.3. The minimum atomic E-state index is 0.826. The highest BCUT2D eigenvalue weighted by Gasteiger charge is 2.20. The van der Waals surface area contributed by atoms with E-state index in [0.29, 0.717) is 0 Å². The van der Waals surface area contributed by atoms with Crippen LogP contribution >= 0.6 is 0 Å². The largest absolute Gasteiger partial charge is 0.312 e. The fourth-order valence-corrected chi connectivity index (χ4v) is 2.50. The van der Waals surface area contributed by atoms with Gasteiger partial charge in [-0.15, -0.1) is 0 Å². The third-order valence-corrected chi connectivity index (χ3v) is 3.90. The molecule has 1 aromatic heterocycles. The number of hydrogen-bond donors (Lipinski definition) is 1. The molecule has 0 bridgehead atoms. The first-order valence-electron chi connectivity index (χ1n) is 6.61. The maximum absolute atomic E-state index is 4.26. The van der Waals surface area contributed by atoms with Gasteiger partial charge >= 0.3 is 0 Å². The second-order valence-electron chi connectivity index (χ2n) is 5.06. The lowest BCUT2D eigenvalue weighted by molar-refractivity contribution is 0.339. The summed E-state index contributed by atoms with van der Waals surface area (Å²) < 4.78 is 1.94. The number of hydrogen-bond acceptors (Lipinski definition) is 3. The van der Waals surface area contributed by atoms with Gasteiger partial charge in [0, 0.05) is 31.4 Å². The van der Waals surface area contributed by atoms with E-state index in [1.807, 2.05) is 17.9 Å². The van der Waals surface area contributed by atoms with Gasteiger partial charge in [-0.3, -0.25) is 4.68 Å². The topological polar surface area (TPSA) is 33.1 Å². The van der Waals surface area contributed by atoms with Gasteiger partial charge in [-0.2, -0.15) is 5.10 Å². The lowest BCUT2D eigenvalue weighted by atomic mass is 10.1. The number of rotatable bonds is 5. The quantitative estimate of drug-likeness (QED) is 0.833. The van der Waals surface area contributed by atoms with Gasteiger partial charge in [0.2, 0.25) is 0 Å². The standard InChI is InChI=1S/C13H24N4/c1-4-17-6-5-12(10-17)7-14-8-13-9-15-16(3)11(13)2/h9,12,14H,4-8,10H2,1-3H3. The summed E-state index contributed by atoms with van der Waals surface area (Å²) in [4.78, 5) is 2.53. The van der Waals surface area contributed by atoms with Crippen LogP contribution in [-0.4, -0.2) is 40.9 Å². The maximum atomic E-state index is 4.26. The van der Waals surface area contributed by atoms with Crippen molar-refractivity contribution in [1.82, 2.24) is 20.0 Å². The molecule has 0 aliphatic carbocycles. The smallest absolute Gasteiger partial charge is 0.0537 e. The van der Waals surface area contributed by atoms with Crippen LogP contribution in [0.2, 0.25) is 0 Å². The summed E-state index contributed by atoms with van der Waals surface area (Å²) in [6, 6.07) is 0. The van der Waals surface area contributed by atoms with Crippen LogP contribution in [-0.2, 0) is 13.6 Å². The molecule has 1 N–H and O–H groups in total. The fraction of sp³-hybridized carbons (Fsp3) is 0.769. The average molecular weight is 236 g/mol. The van der Waals surface area contributed by atoms with E-state index in [0.717, 1.165) is 19.0 Å². The van der Waals surface area contributed by atoms with Gasteiger partial charge in [0.25, 0.3) is 0 Å². The Morgan fingerprint density at radius 1 is 1.53 bits per heavy atom. The molecule has 0 amide bonds. The Labute approximate surface area is 104 Å². The van der Waals surface area contributed by atoms with E-state index in [2.05, 4.69) is 29.2 Å². The molecule has 0 spiro atoms. The van der Waals surface area contributed by atoms with Gasteiger partial charge in [0.15, 0.2) is 0 Å². The number of likely N-dealkylation sites (tertiary alicyclic amines) is 1. The van der Waals surface area contributed by atoms with E-state index in [1.165, 1.54) is 37.3 Å². The Balaban J connectivity index is 1.71. The Morgan fingerprint density at radius 2 is 2.35 bits per heavy atom. The first-order valence-corrected chi connectivity index (χ1v) is 6.61. The first kappa shape index (κ1) is 12.6. The van der Waals surface area contributed by atoms with E-state index >= 15 is 0 Å². The summed E-state index contributed by atoms with van der Waals surface area (Å²) in [7, 11) is 1.99. The molecular weight excluding hydrogens is 212 g/mol. The van der Waals surface area contributed by atoms with E-state index in [4.69, 9.17) is 0 Å². The molecule has 96 valence electrons. The van der Waals surface area contributed by atoms with Gasteiger partial charge < -0.3 is 10.2 Å². The van der Waals surface area contributed by atoms with Crippen molar-refractivity contribution < 1.29 is 0 Å². The fourth-order valence-electron chi connectivity index (χ4n) is 2.50. The number of aromatic nitrogens is 2. The zero-order valence-electron chi connectivity index (χ0n) is 11.2. The molecule has 2 heterocycles. The first-order chi connectivity index (χ1) is 8.20. The molecular formula is C13H24N4. The Morgan fingerprint density at radius 3 is 2.94 bits per heavy atom. The highest BCUT2D eigenvalue weighted by Crippen LogP contribution is 2.14. The number of nitrogens with one attached hydrogen (secondary N) is 1. The Hall–Kier alpha value is -0.870. The van der Waals surface area contributed by atoms with Crippen molar-refractivity contribution in [2.45, 2.75) is 26.8 Å². The summed E-state index contributed by atoms with van der Waals surface area (Å²) >= 11 is 0. The minimum absolute atomic E-state index is 0.826.